The molecule has 120 valence electrons. The fraction of sp³-hybridized carbons (Fsp3) is 0.400. The van der Waals surface area contributed by atoms with E-state index in [9.17, 15) is 14.4 Å². The van der Waals surface area contributed by atoms with Crippen molar-refractivity contribution in [1.82, 2.24) is 0 Å². The lowest BCUT2D eigenvalue weighted by Gasteiger charge is -2.15. The van der Waals surface area contributed by atoms with Crippen LogP contribution in [0.25, 0.3) is 0 Å². The van der Waals surface area contributed by atoms with Crippen LogP contribution in [0.4, 0.5) is 0 Å². The fourth-order valence-electron chi connectivity index (χ4n) is 1.74. The van der Waals surface area contributed by atoms with Crippen molar-refractivity contribution >= 4 is 29.5 Å². The quantitative estimate of drug-likeness (QED) is 0.578. The molecule has 0 saturated carbocycles. The molecule has 22 heavy (non-hydrogen) atoms. The van der Waals surface area contributed by atoms with Crippen LogP contribution in [0.5, 0.6) is 0 Å². The van der Waals surface area contributed by atoms with Crippen LogP contribution in [-0.4, -0.2) is 54.7 Å². The molecule has 7 heteroatoms. The molecule has 1 aromatic carbocycles. The van der Waals surface area contributed by atoms with E-state index in [0.717, 1.165) is 0 Å². The lowest BCUT2D eigenvalue weighted by Crippen LogP contribution is -2.24. The lowest BCUT2D eigenvalue weighted by atomic mass is 10.0. The molecule has 0 aromatic heterocycles. The molecule has 0 radical (unpaired) electrons. The zero-order valence-electron chi connectivity index (χ0n) is 12.6. The van der Waals surface area contributed by atoms with Gasteiger partial charge in [0.2, 0.25) is 0 Å². The smallest absolute Gasteiger partial charge is 0.339 e. The predicted octanol–water partition coefficient (Wildman–Crippen LogP) is 2.12. The Morgan fingerprint density at radius 3 is 2.45 bits per heavy atom. The number of aromatic carboxylic acids is 1. The van der Waals surface area contributed by atoms with Crippen LogP contribution in [0.2, 0.25) is 0 Å². The maximum absolute atomic E-state index is 12.1. The number of hydrogen-bond acceptors (Lipinski definition) is 6. The van der Waals surface area contributed by atoms with Gasteiger partial charge in [0, 0.05) is 18.4 Å². The second-order valence-corrected chi connectivity index (χ2v) is 5.44. The van der Waals surface area contributed by atoms with Crippen molar-refractivity contribution in [3.05, 3.63) is 34.9 Å². The summed E-state index contributed by atoms with van der Waals surface area (Å²) in [5.74, 6) is -1.66. The third kappa shape index (κ3) is 4.85. The Bertz CT molecular complexity index is 569. The Kier molecular flexibility index (Phi) is 7.07. The minimum absolute atomic E-state index is 0.0134. The van der Waals surface area contributed by atoms with Gasteiger partial charge in [-0.15, -0.1) is 0 Å². The summed E-state index contributed by atoms with van der Waals surface area (Å²) in [5.41, 5.74) is -0.0857. The first kappa shape index (κ1) is 18.2. The molecule has 0 saturated heterocycles. The van der Waals surface area contributed by atoms with Crippen LogP contribution in [-0.2, 0) is 9.47 Å². The number of benzene rings is 1. The van der Waals surface area contributed by atoms with Crippen molar-refractivity contribution in [3.8, 4) is 0 Å². The van der Waals surface area contributed by atoms with Crippen molar-refractivity contribution in [1.29, 1.82) is 0 Å². The van der Waals surface area contributed by atoms with E-state index in [0.29, 0.717) is 5.75 Å². The number of carboxylic acids is 1. The van der Waals surface area contributed by atoms with E-state index in [1.54, 1.807) is 11.8 Å². The number of ketones is 1. The van der Waals surface area contributed by atoms with Crippen molar-refractivity contribution in [2.45, 2.75) is 13.0 Å². The van der Waals surface area contributed by atoms with Crippen LogP contribution < -0.4 is 0 Å². The Labute approximate surface area is 132 Å². The molecular weight excluding hydrogens is 308 g/mol. The number of carbonyl (C=O) groups is 3. The number of ether oxygens (including phenoxy) is 2. The number of carboxylic acid groups (broad SMARTS) is 1. The molecule has 6 nitrogen and oxygen atoms in total. The van der Waals surface area contributed by atoms with Gasteiger partial charge in [0.15, 0.2) is 5.78 Å². The van der Waals surface area contributed by atoms with E-state index < -0.39 is 11.9 Å². The molecule has 0 spiro atoms. The molecule has 1 rings (SSSR count). The summed E-state index contributed by atoms with van der Waals surface area (Å²) >= 11 is 1.54. The average molecular weight is 326 g/mol. The standard InChI is InChI=1S/C15H18O6S/c1-9(16)10-4-5-12(14(17)18)13(6-10)15(19)21-7-11(20-2)8-22-3/h4-6,11H,7-8H2,1-3H3,(H,17,18). The van der Waals surface area contributed by atoms with Gasteiger partial charge < -0.3 is 14.6 Å². The van der Waals surface area contributed by atoms with E-state index in [1.807, 2.05) is 6.26 Å². The molecule has 1 unspecified atom stereocenters. The summed E-state index contributed by atoms with van der Waals surface area (Å²) in [4.78, 5) is 34.7. The lowest BCUT2D eigenvalue weighted by molar-refractivity contribution is 0.0181. The summed E-state index contributed by atoms with van der Waals surface area (Å²) in [6, 6.07) is 3.84. The van der Waals surface area contributed by atoms with Crippen LogP contribution in [0.3, 0.4) is 0 Å². The second kappa shape index (κ2) is 8.55. The van der Waals surface area contributed by atoms with E-state index in [-0.39, 0.29) is 35.2 Å². The Morgan fingerprint density at radius 1 is 1.27 bits per heavy atom. The van der Waals surface area contributed by atoms with Gasteiger partial charge in [-0.25, -0.2) is 9.59 Å². The van der Waals surface area contributed by atoms with Gasteiger partial charge in [0.25, 0.3) is 0 Å². The van der Waals surface area contributed by atoms with Gasteiger partial charge in [-0.2, -0.15) is 11.8 Å². The van der Waals surface area contributed by atoms with Gasteiger partial charge in [0.1, 0.15) is 12.7 Å². The van der Waals surface area contributed by atoms with E-state index in [1.165, 1.54) is 32.2 Å². The van der Waals surface area contributed by atoms with Gasteiger partial charge in [-0.05, 0) is 25.3 Å². The first-order chi connectivity index (χ1) is 10.4. The number of Topliss-reactive ketones (excluding diaryl/α,β-unsaturated/α-hetero) is 1. The predicted molar refractivity (Wildman–Crippen MR) is 82.9 cm³/mol. The highest BCUT2D eigenvalue weighted by atomic mass is 32.2. The van der Waals surface area contributed by atoms with Crippen LogP contribution in [0.15, 0.2) is 18.2 Å². The minimum atomic E-state index is -1.26. The van der Waals surface area contributed by atoms with Gasteiger partial charge in [-0.1, -0.05) is 6.07 Å². The fourth-order valence-corrected chi connectivity index (χ4v) is 2.34. The van der Waals surface area contributed by atoms with Crippen molar-refractivity contribution in [2.75, 3.05) is 25.7 Å². The zero-order chi connectivity index (χ0) is 16.7. The summed E-state index contributed by atoms with van der Waals surface area (Å²) < 4.78 is 10.3. The summed E-state index contributed by atoms with van der Waals surface area (Å²) in [7, 11) is 1.51. The number of thioether (sulfide) groups is 1. The first-order valence-corrected chi connectivity index (χ1v) is 7.87. The third-order valence-electron chi connectivity index (χ3n) is 2.96. The highest BCUT2D eigenvalue weighted by molar-refractivity contribution is 7.98. The monoisotopic (exact) mass is 326 g/mol. The minimum Gasteiger partial charge on any atom is -0.478 e. The number of methoxy groups -OCH3 is 1. The second-order valence-electron chi connectivity index (χ2n) is 4.53. The maximum Gasteiger partial charge on any atom is 0.339 e. The molecule has 1 atom stereocenters. The van der Waals surface area contributed by atoms with Crippen molar-refractivity contribution in [2.24, 2.45) is 0 Å². The van der Waals surface area contributed by atoms with E-state index in [4.69, 9.17) is 14.6 Å². The molecular formula is C15H18O6S. The summed E-state index contributed by atoms with van der Waals surface area (Å²) in [6.45, 7) is 1.35. The number of rotatable bonds is 8. The molecule has 1 N–H and O–H groups in total. The third-order valence-corrected chi connectivity index (χ3v) is 3.67. The molecule has 0 aliphatic heterocycles. The number of esters is 1. The number of carbonyl (C=O) groups excluding carboxylic acids is 2. The van der Waals surface area contributed by atoms with Gasteiger partial charge >= 0.3 is 11.9 Å². The van der Waals surface area contributed by atoms with Crippen LogP contribution in [0.1, 0.15) is 38.0 Å². The summed E-state index contributed by atoms with van der Waals surface area (Å²) in [5, 5.41) is 9.13. The normalized spacial score (nSPS) is 11.8. The van der Waals surface area contributed by atoms with Gasteiger partial charge in [0.05, 0.1) is 11.1 Å². The van der Waals surface area contributed by atoms with E-state index in [2.05, 4.69) is 0 Å². The molecule has 0 aliphatic rings. The van der Waals surface area contributed by atoms with Gasteiger partial charge in [-0.3, -0.25) is 4.79 Å². The molecule has 0 amide bonds. The molecule has 1 aromatic rings. The highest BCUT2D eigenvalue weighted by Crippen LogP contribution is 2.15. The molecule has 0 heterocycles. The largest absolute Gasteiger partial charge is 0.478 e. The topological polar surface area (TPSA) is 89.9 Å². The zero-order valence-corrected chi connectivity index (χ0v) is 13.4. The SMILES string of the molecule is COC(COC(=O)c1cc(C(C)=O)ccc1C(=O)O)CSC. The van der Waals surface area contributed by atoms with Crippen molar-refractivity contribution < 1.29 is 29.0 Å². The maximum atomic E-state index is 12.1. The van der Waals surface area contributed by atoms with E-state index >= 15 is 0 Å². The molecule has 0 fully saturated rings. The molecule has 0 bridgehead atoms. The van der Waals surface area contributed by atoms with Crippen LogP contribution in [0, 0.1) is 0 Å². The average Bonchev–Trinajstić information content (AvgIpc) is 2.50. The summed E-state index contributed by atoms with van der Waals surface area (Å²) in [6.07, 6.45) is 1.62. The molecule has 0 aliphatic carbocycles. The highest BCUT2D eigenvalue weighted by Gasteiger charge is 2.20. The Morgan fingerprint density at radius 2 is 1.95 bits per heavy atom. The number of hydrogen-bond donors (Lipinski definition) is 1. The Balaban J connectivity index is 2.97. The van der Waals surface area contributed by atoms with Crippen LogP contribution >= 0.6 is 11.8 Å². The van der Waals surface area contributed by atoms with Crippen molar-refractivity contribution in [3.63, 3.8) is 0 Å². The Hall–Kier alpha value is -1.86. The first-order valence-electron chi connectivity index (χ1n) is 6.47.